The van der Waals surface area contributed by atoms with Crippen LogP contribution in [0.2, 0.25) is 0 Å². The fraction of sp³-hybridized carbons (Fsp3) is 0.417. The number of anilines is 1. The highest BCUT2D eigenvalue weighted by molar-refractivity contribution is 8.00. The zero-order valence-electron chi connectivity index (χ0n) is 11.2. The molecule has 0 radical (unpaired) electrons. The van der Waals surface area contributed by atoms with Crippen LogP contribution in [0, 0.1) is 5.92 Å². The highest BCUT2D eigenvalue weighted by Crippen LogP contribution is 2.23. The van der Waals surface area contributed by atoms with Gasteiger partial charge in [0.1, 0.15) is 5.00 Å². The number of carbonyl (C=O) groups excluding carboxylic acids is 3. The van der Waals surface area contributed by atoms with Gasteiger partial charge in [-0.05, 0) is 11.4 Å². The number of amides is 2. The summed E-state index contributed by atoms with van der Waals surface area (Å²) >= 11 is 2.56. The lowest BCUT2D eigenvalue weighted by molar-refractivity contribution is -0.144. The Morgan fingerprint density at radius 1 is 1.50 bits per heavy atom. The lowest BCUT2D eigenvalue weighted by atomic mass is 10.2. The Hall–Kier alpha value is -1.54. The summed E-state index contributed by atoms with van der Waals surface area (Å²) in [5, 5.41) is 4.76. The molecule has 1 heterocycles. The molecule has 0 aliphatic heterocycles. The van der Waals surface area contributed by atoms with Gasteiger partial charge in [0, 0.05) is 5.75 Å². The molecule has 1 aromatic rings. The topological polar surface area (TPSA) is 98.5 Å². The van der Waals surface area contributed by atoms with Gasteiger partial charge in [-0.15, -0.1) is 11.3 Å². The average Bonchev–Trinajstić information content (AvgIpc) is 2.85. The number of methoxy groups -OCH3 is 1. The second kappa shape index (κ2) is 7.91. The number of thioether (sulfide) groups is 1. The molecule has 6 nitrogen and oxygen atoms in total. The van der Waals surface area contributed by atoms with Crippen molar-refractivity contribution in [1.82, 2.24) is 0 Å². The Bertz CT molecular complexity index is 501. The van der Waals surface area contributed by atoms with Crippen molar-refractivity contribution in [2.24, 2.45) is 11.7 Å². The molecule has 0 fully saturated rings. The summed E-state index contributed by atoms with van der Waals surface area (Å²) < 4.78 is 4.59. The normalized spacial score (nSPS) is 11.7. The van der Waals surface area contributed by atoms with E-state index >= 15 is 0 Å². The molecular weight excluding hydrogens is 300 g/mol. The van der Waals surface area contributed by atoms with Gasteiger partial charge in [-0.2, -0.15) is 11.8 Å². The quantitative estimate of drug-likeness (QED) is 0.739. The number of nitrogens with one attached hydrogen (secondary N) is 1. The molecule has 0 saturated heterocycles. The molecule has 1 unspecified atom stereocenters. The zero-order valence-corrected chi connectivity index (χ0v) is 12.8. The number of rotatable bonds is 7. The summed E-state index contributed by atoms with van der Waals surface area (Å²) in [6.07, 6.45) is 0. The van der Waals surface area contributed by atoms with E-state index in [2.05, 4.69) is 10.1 Å². The van der Waals surface area contributed by atoms with Crippen molar-refractivity contribution in [3.8, 4) is 0 Å². The van der Waals surface area contributed by atoms with Gasteiger partial charge in [-0.1, -0.05) is 6.92 Å². The van der Waals surface area contributed by atoms with Crippen molar-refractivity contribution in [3.05, 3.63) is 17.0 Å². The van der Waals surface area contributed by atoms with Gasteiger partial charge in [0.2, 0.25) is 5.91 Å². The highest BCUT2D eigenvalue weighted by atomic mass is 32.2. The number of hydrogen-bond donors (Lipinski definition) is 2. The molecular formula is C12H16N2O4S2. The lowest BCUT2D eigenvalue weighted by Crippen LogP contribution is -2.19. The zero-order chi connectivity index (χ0) is 15.1. The van der Waals surface area contributed by atoms with Gasteiger partial charge in [0.05, 0.1) is 24.3 Å². The summed E-state index contributed by atoms with van der Waals surface area (Å²) in [6.45, 7) is 1.74. The first kappa shape index (κ1) is 16.5. The molecule has 0 aliphatic rings. The van der Waals surface area contributed by atoms with E-state index in [4.69, 9.17) is 5.73 Å². The minimum Gasteiger partial charge on any atom is -0.469 e. The molecule has 0 aliphatic carbocycles. The number of esters is 1. The molecule has 0 saturated carbocycles. The van der Waals surface area contributed by atoms with Crippen LogP contribution in [0.4, 0.5) is 5.00 Å². The van der Waals surface area contributed by atoms with Crippen LogP contribution in [-0.2, 0) is 14.3 Å². The summed E-state index contributed by atoms with van der Waals surface area (Å²) in [6, 6.07) is 1.56. The number of hydrogen-bond acceptors (Lipinski definition) is 6. The van der Waals surface area contributed by atoms with Crippen LogP contribution >= 0.6 is 23.1 Å². The first-order valence-electron chi connectivity index (χ1n) is 5.78. The van der Waals surface area contributed by atoms with E-state index < -0.39 is 5.91 Å². The van der Waals surface area contributed by atoms with Crippen molar-refractivity contribution in [2.45, 2.75) is 6.92 Å². The predicted octanol–water partition coefficient (Wildman–Crippen LogP) is 1.33. The van der Waals surface area contributed by atoms with Crippen LogP contribution < -0.4 is 11.1 Å². The molecule has 0 aromatic carbocycles. The maximum atomic E-state index is 11.7. The van der Waals surface area contributed by atoms with Crippen LogP contribution in [0.3, 0.4) is 0 Å². The Morgan fingerprint density at radius 2 is 2.20 bits per heavy atom. The minimum atomic E-state index is -0.575. The minimum absolute atomic E-state index is 0.192. The van der Waals surface area contributed by atoms with Crippen LogP contribution in [0.5, 0.6) is 0 Å². The molecule has 110 valence electrons. The second-order valence-corrected chi connectivity index (χ2v) is 5.96. The van der Waals surface area contributed by atoms with Crippen LogP contribution in [-0.4, -0.2) is 36.4 Å². The van der Waals surface area contributed by atoms with Crippen LogP contribution in [0.25, 0.3) is 0 Å². The molecule has 1 rings (SSSR count). The third-order valence-electron chi connectivity index (χ3n) is 2.39. The molecule has 0 spiro atoms. The summed E-state index contributed by atoms with van der Waals surface area (Å²) in [7, 11) is 1.33. The third kappa shape index (κ3) is 4.86. The summed E-state index contributed by atoms with van der Waals surface area (Å²) in [5.41, 5.74) is 5.49. The standard InChI is InChI=1S/C12H16N2O4S2/c1-7(12(17)18-2)5-19-6-9(15)14-11-8(10(13)16)3-4-20-11/h3-4,7H,5-6H2,1-2H3,(H2,13,16)(H,14,15). The molecule has 1 atom stereocenters. The van der Waals surface area contributed by atoms with E-state index in [9.17, 15) is 14.4 Å². The highest BCUT2D eigenvalue weighted by Gasteiger charge is 2.15. The number of ether oxygens (including phenoxy) is 1. The first-order chi connectivity index (χ1) is 9.45. The van der Waals surface area contributed by atoms with Gasteiger partial charge in [-0.3, -0.25) is 14.4 Å². The molecule has 3 N–H and O–H groups in total. The van der Waals surface area contributed by atoms with Gasteiger partial charge in [0.15, 0.2) is 0 Å². The van der Waals surface area contributed by atoms with Crippen molar-refractivity contribution in [2.75, 3.05) is 23.9 Å². The van der Waals surface area contributed by atoms with Gasteiger partial charge >= 0.3 is 5.97 Å². The Morgan fingerprint density at radius 3 is 2.80 bits per heavy atom. The Balaban J connectivity index is 2.39. The van der Waals surface area contributed by atoms with E-state index in [-0.39, 0.29) is 23.5 Å². The third-order valence-corrected chi connectivity index (χ3v) is 4.42. The van der Waals surface area contributed by atoms with Crippen molar-refractivity contribution >= 4 is 45.9 Å². The molecule has 0 bridgehead atoms. The number of primary amides is 1. The average molecular weight is 316 g/mol. The van der Waals surface area contributed by atoms with E-state index in [1.54, 1.807) is 18.4 Å². The largest absolute Gasteiger partial charge is 0.469 e. The number of thiophene rings is 1. The smallest absolute Gasteiger partial charge is 0.309 e. The lowest BCUT2D eigenvalue weighted by Gasteiger charge is -2.08. The van der Waals surface area contributed by atoms with Crippen molar-refractivity contribution in [1.29, 1.82) is 0 Å². The maximum absolute atomic E-state index is 11.7. The predicted molar refractivity (Wildman–Crippen MR) is 80.0 cm³/mol. The van der Waals surface area contributed by atoms with Crippen LogP contribution in [0.1, 0.15) is 17.3 Å². The first-order valence-corrected chi connectivity index (χ1v) is 7.81. The van der Waals surface area contributed by atoms with E-state index in [0.717, 1.165) is 0 Å². The maximum Gasteiger partial charge on any atom is 0.309 e. The van der Waals surface area contributed by atoms with Gasteiger partial charge in [0.25, 0.3) is 5.91 Å². The Kier molecular flexibility index (Phi) is 6.53. The molecule has 8 heteroatoms. The van der Waals surface area contributed by atoms with Crippen LogP contribution in [0.15, 0.2) is 11.4 Å². The molecule has 1 aromatic heterocycles. The molecule has 20 heavy (non-hydrogen) atoms. The van der Waals surface area contributed by atoms with Crippen molar-refractivity contribution in [3.63, 3.8) is 0 Å². The van der Waals surface area contributed by atoms with Gasteiger partial charge < -0.3 is 15.8 Å². The fourth-order valence-corrected chi connectivity index (χ4v) is 3.03. The number of nitrogens with two attached hydrogens (primary N) is 1. The molecule has 2 amide bonds. The number of carbonyl (C=O) groups is 3. The van der Waals surface area contributed by atoms with Gasteiger partial charge in [-0.25, -0.2) is 0 Å². The summed E-state index contributed by atoms with van der Waals surface area (Å²) in [4.78, 5) is 34.0. The Labute approximate surface area is 125 Å². The second-order valence-electron chi connectivity index (χ2n) is 4.02. The monoisotopic (exact) mass is 316 g/mol. The van der Waals surface area contributed by atoms with E-state index in [0.29, 0.717) is 16.3 Å². The summed E-state index contributed by atoms with van der Waals surface area (Å²) in [5.74, 6) is -0.691. The van der Waals surface area contributed by atoms with Crippen molar-refractivity contribution < 1.29 is 19.1 Å². The SMILES string of the molecule is COC(=O)C(C)CSCC(=O)Nc1sccc1C(N)=O. The van der Waals surface area contributed by atoms with E-state index in [1.807, 2.05) is 0 Å². The van der Waals surface area contributed by atoms with E-state index in [1.165, 1.54) is 30.2 Å². The fourth-order valence-electron chi connectivity index (χ4n) is 1.36.